The standard InChI is InChI=1S/C31H32F2O5S2/c32-31(33,29(34)37-22-30-19-23-16-24(20-30)18-25(17-23)21-30)40(35,36)38-39(26-10-4-1-5-11-26,27-12-6-2-7-13-27)28-14-8-3-9-15-28/h1-15,23-25H,16-22H2. The number of carbonyl (C=O) groups excluding carboxylic acids is 1. The van der Waals surface area contributed by atoms with Gasteiger partial charge in [-0.2, -0.15) is 17.2 Å². The number of alkyl halides is 2. The van der Waals surface area contributed by atoms with Crippen molar-refractivity contribution < 1.29 is 30.4 Å². The topological polar surface area (TPSA) is 69.7 Å². The zero-order valence-corrected chi connectivity index (χ0v) is 23.6. The minimum atomic E-state index is -5.81. The molecule has 5 nitrogen and oxygen atoms in total. The van der Waals surface area contributed by atoms with Crippen LogP contribution in [0.5, 0.6) is 0 Å². The van der Waals surface area contributed by atoms with Crippen molar-refractivity contribution in [2.75, 3.05) is 6.61 Å². The fourth-order valence-electron chi connectivity index (χ4n) is 7.41. The van der Waals surface area contributed by atoms with E-state index in [-0.39, 0.29) is 12.0 Å². The van der Waals surface area contributed by atoms with Crippen LogP contribution < -0.4 is 0 Å². The SMILES string of the molecule is O=C(OCC12CC3CC(CC(C3)C1)C2)C(F)(F)S(=O)(=O)OS(c1ccccc1)(c1ccccc1)c1ccccc1. The van der Waals surface area contributed by atoms with Crippen molar-refractivity contribution in [3.63, 3.8) is 0 Å². The van der Waals surface area contributed by atoms with E-state index >= 15 is 8.78 Å². The van der Waals surface area contributed by atoms with Crippen LogP contribution in [0, 0.1) is 23.2 Å². The van der Waals surface area contributed by atoms with Gasteiger partial charge in [0.15, 0.2) is 0 Å². The molecule has 0 heterocycles. The first-order valence-corrected chi connectivity index (χ1v) is 16.6. The molecule has 4 saturated carbocycles. The van der Waals surface area contributed by atoms with Gasteiger partial charge < -0.3 is 4.74 Å². The van der Waals surface area contributed by atoms with E-state index in [1.54, 1.807) is 91.0 Å². The Labute approximate surface area is 235 Å². The van der Waals surface area contributed by atoms with E-state index in [0.29, 0.717) is 32.4 Å². The molecule has 0 amide bonds. The van der Waals surface area contributed by atoms with Crippen LogP contribution in [0.15, 0.2) is 106 Å². The third-order valence-corrected chi connectivity index (χ3v) is 13.8. The fraction of sp³-hybridized carbons (Fsp3) is 0.387. The molecule has 0 aromatic heterocycles. The molecule has 0 aliphatic heterocycles. The lowest BCUT2D eigenvalue weighted by atomic mass is 9.50. The Morgan fingerprint density at radius 3 is 1.48 bits per heavy atom. The Balaban J connectivity index is 1.33. The number of halogens is 2. The average molecular weight is 587 g/mol. The van der Waals surface area contributed by atoms with Crippen LogP contribution in [0.1, 0.15) is 38.5 Å². The Hall–Kier alpha value is -2.75. The van der Waals surface area contributed by atoms with Crippen LogP contribution >= 0.6 is 10.3 Å². The third-order valence-electron chi connectivity index (χ3n) is 8.64. The van der Waals surface area contributed by atoms with E-state index in [4.69, 9.17) is 8.37 Å². The first-order chi connectivity index (χ1) is 19.1. The Morgan fingerprint density at radius 2 is 1.10 bits per heavy atom. The number of benzene rings is 3. The normalized spacial score (nSPS) is 26.4. The molecule has 3 aromatic carbocycles. The summed E-state index contributed by atoms with van der Waals surface area (Å²) in [6.07, 6.45) is 5.96. The molecular weight excluding hydrogens is 554 g/mol. The summed E-state index contributed by atoms with van der Waals surface area (Å²) in [5.41, 5.74) is -0.335. The van der Waals surface area contributed by atoms with Crippen molar-refractivity contribution >= 4 is 26.4 Å². The highest BCUT2D eigenvalue weighted by Crippen LogP contribution is 2.70. The maximum absolute atomic E-state index is 15.7. The molecule has 0 N–H and O–H groups in total. The van der Waals surface area contributed by atoms with E-state index < -0.39 is 31.7 Å². The van der Waals surface area contributed by atoms with Gasteiger partial charge in [-0.3, -0.25) is 0 Å². The first-order valence-electron chi connectivity index (χ1n) is 13.6. The van der Waals surface area contributed by atoms with Crippen molar-refractivity contribution in [3.05, 3.63) is 91.0 Å². The summed E-state index contributed by atoms with van der Waals surface area (Å²) < 4.78 is 69.2. The lowest BCUT2D eigenvalue weighted by molar-refractivity contribution is -0.171. The molecule has 3 aromatic rings. The molecule has 40 heavy (non-hydrogen) atoms. The Kier molecular flexibility index (Phi) is 7.04. The predicted molar refractivity (Wildman–Crippen MR) is 148 cm³/mol. The van der Waals surface area contributed by atoms with E-state index in [1.807, 2.05) is 0 Å². The quantitative estimate of drug-likeness (QED) is 0.242. The van der Waals surface area contributed by atoms with Crippen LogP contribution in [0.25, 0.3) is 0 Å². The van der Waals surface area contributed by atoms with Gasteiger partial charge in [-0.25, -0.2) is 8.42 Å². The van der Waals surface area contributed by atoms with Gasteiger partial charge in [0, 0.05) is 20.1 Å². The summed E-state index contributed by atoms with van der Waals surface area (Å²) in [5.74, 6) is -0.483. The minimum Gasteiger partial charge on any atom is -0.460 e. The molecule has 4 aliphatic rings. The largest absolute Gasteiger partial charge is 0.466 e. The number of ether oxygens (including phenoxy) is 1. The van der Waals surface area contributed by atoms with Crippen molar-refractivity contribution in [2.45, 2.75) is 58.5 Å². The molecule has 4 bridgehead atoms. The van der Waals surface area contributed by atoms with E-state index in [1.165, 1.54) is 0 Å². The molecule has 212 valence electrons. The van der Waals surface area contributed by atoms with Crippen molar-refractivity contribution in [3.8, 4) is 0 Å². The summed E-state index contributed by atoms with van der Waals surface area (Å²) in [5, 5.41) is -4.90. The van der Waals surface area contributed by atoms with Crippen LogP contribution in [-0.4, -0.2) is 26.2 Å². The second kappa shape index (κ2) is 10.3. The zero-order chi connectivity index (χ0) is 28.0. The molecule has 0 radical (unpaired) electrons. The Morgan fingerprint density at radius 1 is 0.725 bits per heavy atom. The number of hydrogen-bond acceptors (Lipinski definition) is 5. The number of esters is 1. The summed E-state index contributed by atoms with van der Waals surface area (Å²) in [6.45, 7) is -0.186. The van der Waals surface area contributed by atoms with Crippen LogP contribution in [0.4, 0.5) is 8.78 Å². The lowest BCUT2D eigenvalue weighted by Crippen LogP contribution is -2.49. The van der Waals surface area contributed by atoms with Crippen molar-refractivity contribution in [1.82, 2.24) is 0 Å². The molecular formula is C31H32F2O5S2. The van der Waals surface area contributed by atoms with E-state index in [2.05, 4.69) is 0 Å². The van der Waals surface area contributed by atoms with Gasteiger partial charge in [-0.1, -0.05) is 54.6 Å². The summed E-state index contributed by atoms with van der Waals surface area (Å²) >= 11 is 0. The molecule has 0 spiro atoms. The van der Waals surface area contributed by atoms with Crippen molar-refractivity contribution in [1.29, 1.82) is 0 Å². The highest BCUT2D eigenvalue weighted by atomic mass is 32.3. The zero-order valence-electron chi connectivity index (χ0n) is 22.0. The molecule has 0 unspecified atom stereocenters. The molecule has 7 rings (SSSR count). The van der Waals surface area contributed by atoms with Crippen molar-refractivity contribution in [2.24, 2.45) is 23.2 Å². The van der Waals surface area contributed by atoms with Gasteiger partial charge >= 0.3 is 21.3 Å². The van der Waals surface area contributed by atoms with E-state index in [9.17, 15) is 13.2 Å². The highest BCUT2D eigenvalue weighted by Gasteiger charge is 2.60. The van der Waals surface area contributed by atoms with Gasteiger partial charge in [-0.05, 0) is 103 Å². The average Bonchev–Trinajstić information content (AvgIpc) is 2.95. The number of hydrogen-bond donors (Lipinski definition) is 0. The summed E-state index contributed by atoms with van der Waals surface area (Å²) in [6, 6.07) is 25.3. The van der Waals surface area contributed by atoms with Gasteiger partial charge in [0.2, 0.25) is 0 Å². The van der Waals surface area contributed by atoms with Gasteiger partial charge in [0.05, 0.1) is 6.61 Å². The van der Waals surface area contributed by atoms with Gasteiger partial charge in [-0.15, -0.1) is 0 Å². The molecule has 9 heteroatoms. The minimum absolute atomic E-state index is 0.186. The predicted octanol–water partition coefficient (Wildman–Crippen LogP) is 7.58. The summed E-state index contributed by atoms with van der Waals surface area (Å²) in [7, 11) is -9.04. The second-order valence-corrected chi connectivity index (χ2v) is 16.0. The molecule has 4 aliphatic carbocycles. The highest BCUT2D eigenvalue weighted by molar-refractivity contribution is 8.33. The Bertz CT molecular complexity index is 1330. The number of carbonyl (C=O) groups is 1. The van der Waals surface area contributed by atoms with Gasteiger partial charge in [0.1, 0.15) is 0 Å². The maximum Gasteiger partial charge on any atom is 0.466 e. The summed E-state index contributed by atoms with van der Waals surface area (Å²) in [4.78, 5) is 14.1. The van der Waals surface area contributed by atoms with E-state index in [0.717, 1.165) is 38.5 Å². The lowest BCUT2D eigenvalue weighted by Gasteiger charge is -2.56. The smallest absolute Gasteiger partial charge is 0.460 e. The third kappa shape index (κ3) is 4.76. The molecule has 0 saturated heterocycles. The molecule has 4 fully saturated rings. The van der Waals surface area contributed by atoms with Crippen LogP contribution in [-0.2, 0) is 23.3 Å². The monoisotopic (exact) mass is 586 g/mol. The van der Waals surface area contributed by atoms with Crippen LogP contribution in [0.2, 0.25) is 0 Å². The second-order valence-electron chi connectivity index (χ2n) is 11.5. The molecule has 0 atom stereocenters. The fourth-order valence-corrected chi connectivity index (χ4v) is 12.5. The maximum atomic E-state index is 15.7. The van der Waals surface area contributed by atoms with Crippen LogP contribution in [0.3, 0.4) is 0 Å². The first kappa shape index (κ1) is 27.4. The number of rotatable bonds is 9. The van der Waals surface area contributed by atoms with Gasteiger partial charge in [0.25, 0.3) is 0 Å².